The number of non-ortho nitro benzene ring substituents is 1. The monoisotopic (exact) mass is 345 g/mol. The van der Waals surface area contributed by atoms with E-state index >= 15 is 0 Å². The third kappa shape index (κ3) is 3.03. The van der Waals surface area contributed by atoms with Crippen LogP contribution in [-0.2, 0) is 10.3 Å². The van der Waals surface area contributed by atoms with E-state index in [-0.39, 0.29) is 24.6 Å². The number of imide groups is 1. The number of hydrogen-bond donors (Lipinski definition) is 1. The number of hydrogen-bond acceptors (Lipinski definition) is 6. The molecule has 2 heterocycles. The first kappa shape index (κ1) is 16.5. The number of nitro benzene ring substituents is 1. The van der Waals surface area contributed by atoms with E-state index < -0.39 is 22.4 Å². The first-order valence-electron chi connectivity index (χ1n) is 7.47. The van der Waals surface area contributed by atoms with Crippen molar-refractivity contribution in [3.05, 3.63) is 58.5 Å². The number of benzene rings is 1. The van der Waals surface area contributed by atoms with E-state index in [1.54, 1.807) is 25.1 Å². The maximum absolute atomic E-state index is 12.6. The van der Waals surface area contributed by atoms with Gasteiger partial charge in [-0.15, -0.1) is 0 Å². The van der Waals surface area contributed by atoms with Gasteiger partial charge in [0.25, 0.3) is 11.6 Å². The quantitative estimate of drug-likeness (QED) is 0.487. The van der Waals surface area contributed by atoms with Gasteiger partial charge < -0.3 is 14.5 Å². The van der Waals surface area contributed by atoms with Crippen LogP contribution in [0.4, 0.5) is 10.5 Å². The smallest absolute Gasteiger partial charge is 0.325 e. The van der Waals surface area contributed by atoms with E-state index in [1.165, 1.54) is 24.5 Å². The van der Waals surface area contributed by atoms with Gasteiger partial charge in [0, 0.05) is 6.07 Å². The molecule has 25 heavy (non-hydrogen) atoms. The van der Waals surface area contributed by atoms with E-state index in [2.05, 4.69) is 5.32 Å². The molecule has 1 aliphatic rings. The number of furan rings is 1. The van der Waals surface area contributed by atoms with Crippen molar-refractivity contribution in [3.63, 3.8) is 0 Å². The number of carbonyl (C=O) groups excluding carboxylic acids is 2. The highest BCUT2D eigenvalue weighted by molar-refractivity contribution is 6.06. The molecule has 1 aliphatic heterocycles. The summed E-state index contributed by atoms with van der Waals surface area (Å²) in [5.41, 5.74) is -1.36. The molecule has 1 aromatic heterocycles. The van der Waals surface area contributed by atoms with Crippen molar-refractivity contribution >= 4 is 17.6 Å². The van der Waals surface area contributed by atoms with Crippen LogP contribution in [0.25, 0.3) is 0 Å². The number of carbonyl (C=O) groups is 2. The Morgan fingerprint density at radius 2 is 2.12 bits per heavy atom. The molecule has 1 unspecified atom stereocenters. The van der Waals surface area contributed by atoms with Gasteiger partial charge in [-0.05, 0) is 25.1 Å². The molecule has 0 aliphatic carbocycles. The summed E-state index contributed by atoms with van der Waals surface area (Å²) in [7, 11) is 0. The lowest BCUT2D eigenvalue weighted by Gasteiger charge is -2.19. The molecule has 3 rings (SSSR count). The van der Waals surface area contributed by atoms with Crippen molar-refractivity contribution in [2.45, 2.75) is 12.5 Å². The second kappa shape index (κ2) is 6.27. The molecule has 1 atom stereocenters. The summed E-state index contributed by atoms with van der Waals surface area (Å²) in [5.74, 6) is 0.179. The number of nitro groups is 1. The lowest BCUT2D eigenvalue weighted by molar-refractivity contribution is -0.384. The summed E-state index contributed by atoms with van der Waals surface area (Å²) >= 11 is 0. The first-order valence-corrected chi connectivity index (χ1v) is 7.47. The highest BCUT2D eigenvalue weighted by Crippen LogP contribution is 2.29. The van der Waals surface area contributed by atoms with Crippen LogP contribution >= 0.6 is 0 Å². The van der Waals surface area contributed by atoms with Crippen molar-refractivity contribution < 1.29 is 23.7 Å². The van der Waals surface area contributed by atoms with Crippen LogP contribution in [0.3, 0.4) is 0 Å². The second-order valence-corrected chi connectivity index (χ2v) is 5.59. The molecule has 0 radical (unpaired) electrons. The van der Waals surface area contributed by atoms with Crippen molar-refractivity contribution in [2.24, 2.45) is 0 Å². The lowest BCUT2D eigenvalue weighted by Crippen LogP contribution is -2.41. The van der Waals surface area contributed by atoms with E-state index in [1.807, 2.05) is 0 Å². The molecule has 1 saturated heterocycles. The minimum Gasteiger partial charge on any atom is -0.491 e. The Bertz CT molecular complexity index is 819. The topological polar surface area (TPSA) is 115 Å². The summed E-state index contributed by atoms with van der Waals surface area (Å²) < 4.78 is 10.7. The van der Waals surface area contributed by atoms with E-state index in [0.29, 0.717) is 5.76 Å². The van der Waals surface area contributed by atoms with Gasteiger partial charge in [-0.25, -0.2) is 4.79 Å². The summed E-state index contributed by atoms with van der Waals surface area (Å²) in [6.07, 6.45) is 1.42. The Labute approximate surface area is 142 Å². The van der Waals surface area contributed by atoms with Crippen LogP contribution in [-0.4, -0.2) is 34.9 Å². The molecule has 9 nitrogen and oxygen atoms in total. The van der Waals surface area contributed by atoms with E-state index in [4.69, 9.17) is 9.15 Å². The molecule has 9 heteroatoms. The molecule has 0 bridgehead atoms. The Morgan fingerprint density at radius 3 is 2.80 bits per heavy atom. The third-order valence-electron chi connectivity index (χ3n) is 3.90. The zero-order valence-electron chi connectivity index (χ0n) is 13.3. The Hall–Kier alpha value is -3.36. The van der Waals surface area contributed by atoms with Crippen LogP contribution in [0.2, 0.25) is 0 Å². The molecule has 2 aromatic rings. The number of nitrogens with zero attached hydrogens (tertiary/aromatic N) is 2. The van der Waals surface area contributed by atoms with Crippen LogP contribution < -0.4 is 10.1 Å². The lowest BCUT2D eigenvalue weighted by atomic mass is 9.99. The van der Waals surface area contributed by atoms with E-state index in [0.717, 1.165) is 4.90 Å². The highest BCUT2D eigenvalue weighted by atomic mass is 16.6. The maximum atomic E-state index is 12.6. The van der Waals surface area contributed by atoms with Gasteiger partial charge in [-0.3, -0.25) is 19.8 Å². The summed E-state index contributed by atoms with van der Waals surface area (Å²) in [4.78, 5) is 35.9. The third-order valence-corrected chi connectivity index (χ3v) is 3.90. The molecule has 1 aromatic carbocycles. The SMILES string of the molecule is CC1(c2ccco2)NC(=O)N(CCOc2cccc([N+](=O)[O-])c2)C1=O. The Balaban J connectivity index is 1.64. The largest absolute Gasteiger partial charge is 0.491 e. The Kier molecular flexibility index (Phi) is 4.14. The molecular formula is C16H15N3O6. The molecule has 3 amide bonds. The van der Waals surface area contributed by atoms with Crippen LogP contribution in [0.5, 0.6) is 5.75 Å². The minimum atomic E-state index is -1.26. The Morgan fingerprint density at radius 1 is 1.32 bits per heavy atom. The zero-order chi connectivity index (χ0) is 18.0. The normalized spacial score (nSPS) is 19.8. The highest BCUT2D eigenvalue weighted by Gasteiger charge is 2.50. The molecule has 1 N–H and O–H groups in total. The van der Waals surface area contributed by atoms with Crippen molar-refractivity contribution in [2.75, 3.05) is 13.2 Å². The molecular weight excluding hydrogens is 330 g/mol. The van der Waals surface area contributed by atoms with Gasteiger partial charge in [0.05, 0.1) is 23.8 Å². The summed E-state index contributed by atoms with van der Waals surface area (Å²) in [6, 6.07) is 8.38. The first-order chi connectivity index (χ1) is 11.9. The number of rotatable bonds is 6. The number of urea groups is 1. The summed E-state index contributed by atoms with van der Waals surface area (Å²) in [6.45, 7) is 1.58. The van der Waals surface area contributed by atoms with Crippen LogP contribution in [0.1, 0.15) is 12.7 Å². The van der Waals surface area contributed by atoms with Gasteiger partial charge in [0.1, 0.15) is 18.1 Å². The van der Waals surface area contributed by atoms with Crippen molar-refractivity contribution in [1.82, 2.24) is 10.2 Å². The van der Waals surface area contributed by atoms with Gasteiger partial charge >= 0.3 is 6.03 Å². The number of amides is 3. The average Bonchev–Trinajstić information content (AvgIpc) is 3.19. The van der Waals surface area contributed by atoms with Crippen molar-refractivity contribution in [1.29, 1.82) is 0 Å². The summed E-state index contributed by atoms with van der Waals surface area (Å²) in [5, 5.41) is 13.3. The standard InChI is InChI=1S/C16H15N3O6/c1-16(13-6-3-8-25-13)14(20)18(15(21)17-16)7-9-24-12-5-2-4-11(10-12)19(22)23/h2-6,8,10H,7,9H2,1H3,(H,17,21). The van der Waals surface area contributed by atoms with Gasteiger partial charge in [0.15, 0.2) is 5.54 Å². The van der Waals surface area contributed by atoms with Crippen LogP contribution in [0, 0.1) is 10.1 Å². The van der Waals surface area contributed by atoms with Gasteiger partial charge in [0.2, 0.25) is 0 Å². The molecule has 130 valence electrons. The van der Waals surface area contributed by atoms with Gasteiger partial charge in [-0.2, -0.15) is 0 Å². The predicted octanol–water partition coefficient (Wildman–Crippen LogP) is 2.03. The fourth-order valence-electron chi connectivity index (χ4n) is 2.57. The fourth-order valence-corrected chi connectivity index (χ4v) is 2.57. The second-order valence-electron chi connectivity index (χ2n) is 5.59. The minimum absolute atomic E-state index is 0.00363. The maximum Gasteiger partial charge on any atom is 0.325 e. The number of ether oxygens (including phenoxy) is 1. The number of nitrogens with one attached hydrogen (secondary N) is 1. The fraction of sp³-hybridized carbons (Fsp3) is 0.250. The van der Waals surface area contributed by atoms with Gasteiger partial charge in [-0.1, -0.05) is 6.07 Å². The average molecular weight is 345 g/mol. The molecule has 1 fully saturated rings. The predicted molar refractivity (Wildman–Crippen MR) is 84.9 cm³/mol. The zero-order valence-corrected chi connectivity index (χ0v) is 13.3. The molecule has 0 saturated carbocycles. The molecule has 0 spiro atoms. The van der Waals surface area contributed by atoms with E-state index in [9.17, 15) is 19.7 Å². The van der Waals surface area contributed by atoms with Crippen LogP contribution in [0.15, 0.2) is 47.1 Å². The van der Waals surface area contributed by atoms with Crippen molar-refractivity contribution in [3.8, 4) is 5.75 Å².